The smallest absolute Gasteiger partial charge is 0.256 e. The topological polar surface area (TPSA) is 38.3 Å². The lowest BCUT2D eigenvalue weighted by Crippen LogP contribution is -2.13. The van der Waals surface area contributed by atoms with E-state index in [1.807, 2.05) is 0 Å². The number of nitrogens with one attached hydrogen (secondary N) is 1. The third-order valence-electron chi connectivity index (χ3n) is 2.58. The van der Waals surface area contributed by atoms with Gasteiger partial charge in [-0.05, 0) is 62.2 Å². The molecular formula is C14H10Br2FNO2. The van der Waals surface area contributed by atoms with Gasteiger partial charge >= 0.3 is 0 Å². The van der Waals surface area contributed by atoms with Crippen molar-refractivity contribution in [2.24, 2.45) is 0 Å². The average molecular weight is 403 g/mol. The molecule has 0 bridgehead atoms. The lowest BCUT2D eigenvalue weighted by molar-refractivity contribution is 0.102. The summed E-state index contributed by atoms with van der Waals surface area (Å²) >= 11 is 6.55. The molecule has 20 heavy (non-hydrogen) atoms. The second-order valence-corrected chi connectivity index (χ2v) is 5.64. The molecule has 0 radical (unpaired) electrons. The van der Waals surface area contributed by atoms with Crippen molar-refractivity contribution < 1.29 is 13.9 Å². The summed E-state index contributed by atoms with van der Waals surface area (Å²) in [6, 6.07) is 9.10. The molecule has 0 aliphatic heterocycles. The second kappa shape index (κ2) is 6.37. The number of rotatable bonds is 3. The van der Waals surface area contributed by atoms with E-state index in [0.29, 0.717) is 15.9 Å². The van der Waals surface area contributed by atoms with Gasteiger partial charge in [-0.1, -0.05) is 0 Å². The van der Waals surface area contributed by atoms with Gasteiger partial charge in [0.05, 0.1) is 17.1 Å². The number of carbonyl (C=O) groups excluding carboxylic acids is 1. The lowest BCUT2D eigenvalue weighted by atomic mass is 10.2. The van der Waals surface area contributed by atoms with E-state index in [-0.39, 0.29) is 5.56 Å². The van der Waals surface area contributed by atoms with E-state index < -0.39 is 11.7 Å². The predicted molar refractivity (Wildman–Crippen MR) is 82.7 cm³/mol. The number of benzene rings is 2. The minimum absolute atomic E-state index is 0.229. The highest BCUT2D eigenvalue weighted by Gasteiger charge is 2.12. The van der Waals surface area contributed by atoms with Gasteiger partial charge in [0.2, 0.25) is 0 Å². The fourth-order valence-corrected chi connectivity index (χ4v) is 2.44. The number of hydrogen-bond donors (Lipinski definition) is 1. The zero-order chi connectivity index (χ0) is 14.7. The fourth-order valence-electron chi connectivity index (χ4n) is 1.61. The predicted octanol–water partition coefficient (Wildman–Crippen LogP) is 4.61. The van der Waals surface area contributed by atoms with Crippen LogP contribution in [0, 0.1) is 5.82 Å². The van der Waals surface area contributed by atoms with Gasteiger partial charge in [-0.25, -0.2) is 4.39 Å². The summed E-state index contributed by atoms with van der Waals surface area (Å²) < 4.78 is 19.6. The van der Waals surface area contributed by atoms with E-state index in [1.54, 1.807) is 18.2 Å². The van der Waals surface area contributed by atoms with E-state index in [4.69, 9.17) is 4.74 Å². The molecule has 0 unspecified atom stereocenters. The Bertz CT molecular complexity index is 662. The molecule has 0 heterocycles. The molecule has 2 aromatic carbocycles. The Morgan fingerprint density at radius 1 is 1.15 bits per heavy atom. The number of anilines is 1. The van der Waals surface area contributed by atoms with Crippen LogP contribution in [0.3, 0.4) is 0 Å². The maximum atomic E-state index is 13.2. The van der Waals surface area contributed by atoms with Gasteiger partial charge in [-0.15, -0.1) is 0 Å². The van der Waals surface area contributed by atoms with Gasteiger partial charge < -0.3 is 10.1 Å². The quantitative estimate of drug-likeness (QED) is 0.813. The standard InChI is InChI=1S/C14H10Br2FNO2/c1-20-13-7-9(3-5-12(13)16)18-14(19)10-6-8(17)2-4-11(10)15/h2-7H,1H3,(H,18,19). The minimum Gasteiger partial charge on any atom is -0.495 e. The third kappa shape index (κ3) is 3.37. The van der Waals surface area contributed by atoms with Crippen LogP contribution in [0.25, 0.3) is 0 Å². The Hall–Kier alpha value is -1.40. The molecule has 104 valence electrons. The maximum Gasteiger partial charge on any atom is 0.256 e. The summed E-state index contributed by atoms with van der Waals surface area (Å²) in [7, 11) is 1.54. The first kappa shape index (κ1) is 15.0. The fraction of sp³-hybridized carbons (Fsp3) is 0.0714. The Morgan fingerprint density at radius 2 is 1.85 bits per heavy atom. The van der Waals surface area contributed by atoms with Crippen molar-refractivity contribution in [2.75, 3.05) is 12.4 Å². The molecule has 3 nitrogen and oxygen atoms in total. The number of halogens is 3. The SMILES string of the molecule is COc1cc(NC(=O)c2cc(F)ccc2Br)ccc1Br. The summed E-state index contributed by atoms with van der Waals surface area (Å²) in [6.45, 7) is 0. The van der Waals surface area contributed by atoms with E-state index >= 15 is 0 Å². The van der Waals surface area contributed by atoms with Gasteiger partial charge in [0.1, 0.15) is 11.6 Å². The second-order valence-electron chi connectivity index (χ2n) is 3.93. The highest BCUT2D eigenvalue weighted by Crippen LogP contribution is 2.28. The number of methoxy groups -OCH3 is 1. The molecule has 0 fully saturated rings. The van der Waals surface area contributed by atoms with Gasteiger partial charge in [0.15, 0.2) is 0 Å². The monoisotopic (exact) mass is 401 g/mol. The molecular weight excluding hydrogens is 393 g/mol. The Kier molecular flexibility index (Phi) is 4.77. The molecule has 0 saturated carbocycles. The molecule has 1 amide bonds. The summed E-state index contributed by atoms with van der Waals surface area (Å²) in [6.07, 6.45) is 0. The van der Waals surface area contributed by atoms with Crippen molar-refractivity contribution in [3.8, 4) is 5.75 Å². The van der Waals surface area contributed by atoms with Crippen molar-refractivity contribution in [2.45, 2.75) is 0 Å². The van der Waals surface area contributed by atoms with Crippen LogP contribution in [-0.2, 0) is 0 Å². The van der Waals surface area contributed by atoms with Crippen LogP contribution < -0.4 is 10.1 Å². The normalized spacial score (nSPS) is 10.2. The maximum absolute atomic E-state index is 13.2. The molecule has 6 heteroatoms. The third-order valence-corrected chi connectivity index (χ3v) is 3.93. The number of hydrogen-bond acceptors (Lipinski definition) is 2. The van der Waals surface area contributed by atoms with E-state index in [9.17, 15) is 9.18 Å². The molecule has 0 saturated heterocycles. The van der Waals surface area contributed by atoms with Gasteiger partial charge in [-0.3, -0.25) is 4.79 Å². The van der Waals surface area contributed by atoms with Crippen molar-refractivity contribution in [3.05, 3.63) is 56.7 Å². The van der Waals surface area contributed by atoms with Crippen molar-refractivity contribution in [1.82, 2.24) is 0 Å². The largest absolute Gasteiger partial charge is 0.495 e. The first-order chi connectivity index (χ1) is 9.51. The molecule has 0 atom stereocenters. The molecule has 2 rings (SSSR count). The van der Waals surface area contributed by atoms with Gasteiger partial charge in [0.25, 0.3) is 5.91 Å². The zero-order valence-electron chi connectivity index (χ0n) is 10.4. The summed E-state index contributed by atoms with van der Waals surface area (Å²) in [5, 5.41) is 2.69. The number of ether oxygens (including phenoxy) is 1. The van der Waals surface area contributed by atoms with Gasteiger partial charge in [-0.2, -0.15) is 0 Å². The van der Waals surface area contributed by atoms with Crippen LogP contribution in [0.15, 0.2) is 45.3 Å². The lowest BCUT2D eigenvalue weighted by Gasteiger charge is -2.09. The van der Waals surface area contributed by atoms with Crippen LogP contribution in [-0.4, -0.2) is 13.0 Å². The number of carbonyl (C=O) groups is 1. The van der Waals surface area contributed by atoms with E-state index in [0.717, 1.165) is 4.47 Å². The summed E-state index contributed by atoms with van der Waals surface area (Å²) in [5.41, 5.74) is 0.790. The molecule has 2 aromatic rings. The van der Waals surface area contributed by atoms with Crippen molar-refractivity contribution in [3.63, 3.8) is 0 Å². The highest BCUT2D eigenvalue weighted by molar-refractivity contribution is 9.10. The Morgan fingerprint density at radius 3 is 2.55 bits per heavy atom. The number of amides is 1. The van der Waals surface area contributed by atoms with Gasteiger partial charge in [0, 0.05) is 16.2 Å². The molecule has 0 aliphatic rings. The molecule has 1 N–H and O–H groups in total. The van der Waals surface area contributed by atoms with Crippen LogP contribution >= 0.6 is 31.9 Å². The van der Waals surface area contributed by atoms with Crippen LogP contribution in [0.1, 0.15) is 10.4 Å². The first-order valence-electron chi connectivity index (χ1n) is 5.61. The molecule has 0 aliphatic carbocycles. The van der Waals surface area contributed by atoms with E-state index in [1.165, 1.54) is 25.3 Å². The van der Waals surface area contributed by atoms with Crippen molar-refractivity contribution in [1.29, 1.82) is 0 Å². The van der Waals surface area contributed by atoms with Crippen LogP contribution in [0.5, 0.6) is 5.75 Å². The Balaban J connectivity index is 2.25. The van der Waals surface area contributed by atoms with Crippen molar-refractivity contribution >= 4 is 43.5 Å². The zero-order valence-corrected chi connectivity index (χ0v) is 13.6. The van der Waals surface area contributed by atoms with Crippen LogP contribution in [0.2, 0.25) is 0 Å². The highest BCUT2D eigenvalue weighted by atomic mass is 79.9. The summed E-state index contributed by atoms with van der Waals surface area (Å²) in [4.78, 5) is 12.1. The van der Waals surface area contributed by atoms with Crippen LogP contribution in [0.4, 0.5) is 10.1 Å². The summed E-state index contributed by atoms with van der Waals surface area (Å²) in [5.74, 6) is -0.270. The Labute approximate surface area is 132 Å². The molecule has 0 spiro atoms. The van der Waals surface area contributed by atoms with E-state index in [2.05, 4.69) is 37.2 Å². The first-order valence-corrected chi connectivity index (χ1v) is 7.20. The molecule has 0 aromatic heterocycles. The minimum atomic E-state index is -0.466. The average Bonchev–Trinajstić information content (AvgIpc) is 2.43.